The minimum Gasteiger partial charge on any atom is -0.459 e. The van der Waals surface area contributed by atoms with Crippen LogP contribution in [0.5, 0.6) is 11.5 Å². The molecule has 44 heavy (non-hydrogen) atoms. The van der Waals surface area contributed by atoms with Crippen molar-refractivity contribution in [3.8, 4) is 17.3 Å². The Morgan fingerprint density at radius 3 is 2.36 bits per heavy atom. The van der Waals surface area contributed by atoms with E-state index in [1.807, 2.05) is 42.6 Å². The van der Waals surface area contributed by atoms with E-state index in [1.54, 1.807) is 6.07 Å². The smallest absolute Gasteiger partial charge is 0.192 e. The van der Waals surface area contributed by atoms with Crippen molar-refractivity contribution in [1.29, 1.82) is 0 Å². The summed E-state index contributed by atoms with van der Waals surface area (Å²) < 4.78 is 8.71. The number of hydrogen-bond acceptors (Lipinski definition) is 4. The topological polar surface area (TPSA) is 37.9 Å². The van der Waals surface area contributed by atoms with Gasteiger partial charge >= 0.3 is 0 Å². The number of aromatic nitrogens is 2. The Hall–Kier alpha value is -5.54. The Morgan fingerprint density at radius 1 is 0.795 bits per heavy atom. The minimum absolute atomic E-state index is 0.00244. The maximum absolute atomic E-state index is 7.77. The average Bonchev–Trinajstić information content (AvgIpc) is 3.58. The fourth-order valence-corrected chi connectivity index (χ4v) is 5.91. The van der Waals surface area contributed by atoms with Gasteiger partial charge in [0.1, 0.15) is 17.3 Å². The largest absolute Gasteiger partial charge is 0.459 e. The maximum atomic E-state index is 7.77. The monoisotopic (exact) mass is 575 g/mol. The Morgan fingerprint density at radius 2 is 1.57 bits per heavy atom. The lowest BCUT2D eigenvalue weighted by molar-refractivity contribution is 0.483. The standard InChI is InChI=1S/C38H33N5O/c1-38(2,3)27-17-18-40-37(19-27)43-34-14-10-9-13-32(34)33-16-15-30(23-35(33)43)44-31-21-28(39-4)20-29(22-31)42-24-36(41(5)25-42)26-11-7-6-8-12-26/h6-24H,25H2,1-3,5H3. The first-order valence-electron chi connectivity index (χ1n) is 14.7. The summed E-state index contributed by atoms with van der Waals surface area (Å²) in [5.74, 6) is 2.19. The quantitative estimate of drug-likeness (QED) is 0.192. The summed E-state index contributed by atoms with van der Waals surface area (Å²) in [6.07, 6.45) is 4.02. The van der Waals surface area contributed by atoms with Gasteiger partial charge < -0.3 is 14.5 Å². The van der Waals surface area contributed by atoms with Crippen LogP contribution in [0.25, 0.3) is 38.2 Å². The fourth-order valence-electron chi connectivity index (χ4n) is 5.91. The number of fused-ring (bicyclic) bond motifs is 3. The van der Waals surface area contributed by atoms with E-state index < -0.39 is 0 Å². The lowest BCUT2D eigenvalue weighted by atomic mass is 9.88. The number of nitrogens with zero attached hydrogens (tertiary/aromatic N) is 5. The molecule has 0 bridgehead atoms. The predicted molar refractivity (Wildman–Crippen MR) is 180 cm³/mol. The summed E-state index contributed by atoms with van der Waals surface area (Å²) in [7, 11) is 2.08. The fraction of sp³-hybridized carbons (Fsp3) is 0.158. The molecule has 3 heterocycles. The number of para-hydroxylation sites is 1. The van der Waals surface area contributed by atoms with Crippen molar-refractivity contribution in [3.63, 3.8) is 0 Å². The lowest BCUT2D eigenvalue weighted by Crippen LogP contribution is -2.22. The zero-order valence-electron chi connectivity index (χ0n) is 25.3. The first-order chi connectivity index (χ1) is 21.3. The van der Waals surface area contributed by atoms with Gasteiger partial charge in [0.25, 0.3) is 0 Å². The minimum atomic E-state index is -0.00244. The molecule has 1 aliphatic rings. The van der Waals surface area contributed by atoms with Crippen LogP contribution in [0.3, 0.4) is 0 Å². The van der Waals surface area contributed by atoms with Crippen molar-refractivity contribution in [1.82, 2.24) is 14.5 Å². The van der Waals surface area contributed by atoms with Crippen LogP contribution in [0.2, 0.25) is 0 Å². The molecule has 0 fully saturated rings. The molecule has 0 saturated carbocycles. The summed E-state index contributed by atoms with van der Waals surface area (Å²) in [5.41, 5.74) is 7.05. The van der Waals surface area contributed by atoms with Crippen LogP contribution in [0.4, 0.5) is 11.4 Å². The highest BCUT2D eigenvalue weighted by atomic mass is 16.5. The van der Waals surface area contributed by atoms with Crippen molar-refractivity contribution in [2.45, 2.75) is 26.2 Å². The molecule has 216 valence electrons. The van der Waals surface area contributed by atoms with Crippen LogP contribution in [-0.2, 0) is 5.41 Å². The highest BCUT2D eigenvalue weighted by Crippen LogP contribution is 2.38. The second-order valence-corrected chi connectivity index (χ2v) is 12.3. The molecule has 6 aromatic rings. The molecule has 0 spiro atoms. The second kappa shape index (κ2) is 10.6. The summed E-state index contributed by atoms with van der Waals surface area (Å²) in [6.45, 7) is 15.1. The van der Waals surface area contributed by atoms with Gasteiger partial charge in [-0.25, -0.2) is 9.83 Å². The van der Waals surface area contributed by atoms with Gasteiger partial charge in [-0.3, -0.25) is 4.57 Å². The van der Waals surface area contributed by atoms with Gasteiger partial charge in [-0.15, -0.1) is 0 Å². The molecule has 4 aromatic carbocycles. The number of ether oxygens (including phenoxy) is 1. The van der Waals surface area contributed by atoms with Gasteiger partial charge in [-0.1, -0.05) is 69.3 Å². The lowest BCUT2D eigenvalue weighted by Gasteiger charge is -2.20. The van der Waals surface area contributed by atoms with Gasteiger partial charge in [-0.05, 0) is 59.0 Å². The Bertz CT molecular complexity index is 2100. The molecule has 0 N–H and O–H groups in total. The Labute approximate surface area is 257 Å². The molecular formula is C38H33N5O. The third-order valence-electron chi connectivity index (χ3n) is 8.18. The first-order valence-corrected chi connectivity index (χ1v) is 14.7. The molecule has 0 unspecified atom stereocenters. The zero-order chi connectivity index (χ0) is 30.4. The van der Waals surface area contributed by atoms with E-state index in [2.05, 4.69) is 114 Å². The van der Waals surface area contributed by atoms with E-state index in [0.29, 0.717) is 23.9 Å². The van der Waals surface area contributed by atoms with E-state index in [4.69, 9.17) is 16.3 Å². The van der Waals surface area contributed by atoms with Crippen LogP contribution in [0.15, 0.2) is 116 Å². The third kappa shape index (κ3) is 4.93. The van der Waals surface area contributed by atoms with Crippen LogP contribution in [0.1, 0.15) is 31.9 Å². The van der Waals surface area contributed by atoms with Gasteiger partial charge in [-0.2, -0.15) is 0 Å². The molecular weight excluding hydrogens is 542 g/mol. The summed E-state index contributed by atoms with van der Waals surface area (Å²) in [6, 6.07) is 34.9. The van der Waals surface area contributed by atoms with Gasteiger partial charge in [0, 0.05) is 48.0 Å². The van der Waals surface area contributed by atoms with Crippen LogP contribution >= 0.6 is 0 Å². The van der Waals surface area contributed by atoms with Gasteiger partial charge in [0.15, 0.2) is 5.69 Å². The summed E-state index contributed by atoms with van der Waals surface area (Å²) >= 11 is 0. The van der Waals surface area contributed by atoms with Crippen molar-refractivity contribution >= 4 is 38.9 Å². The SMILES string of the molecule is [C-]#[N+]c1cc(Oc2ccc3c4ccccc4n(-c4cc(C(C)(C)C)ccn4)c3c2)cc(N2C=C(c3ccccc3)N(C)C2)c1. The maximum Gasteiger partial charge on any atom is 0.192 e. The molecule has 0 aliphatic carbocycles. The molecule has 0 atom stereocenters. The molecule has 1 aliphatic heterocycles. The van der Waals surface area contributed by atoms with Crippen molar-refractivity contribution in [2.75, 3.05) is 18.6 Å². The van der Waals surface area contributed by atoms with Crippen LogP contribution < -0.4 is 9.64 Å². The average molecular weight is 576 g/mol. The molecule has 7 rings (SSSR count). The summed E-state index contributed by atoms with van der Waals surface area (Å²) in [4.78, 5) is 12.9. The van der Waals surface area contributed by atoms with Crippen LogP contribution in [0, 0.1) is 6.57 Å². The number of benzene rings is 4. The molecule has 0 radical (unpaired) electrons. The van der Waals surface area contributed by atoms with E-state index in [-0.39, 0.29) is 5.41 Å². The van der Waals surface area contributed by atoms with E-state index >= 15 is 0 Å². The van der Waals surface area contributed by atoms with Crippen LogP contribution in [-0.4, -0.2) is 28.2 Å². The highest BCUT2D eigenvalue weighted by molar-refractivity contribution is 6.09. The molecule has 6 nitrogen and oxygen atoms in total. The van der Waals surface area contributed by atoms with Crippen molar-refractivity contribution in [2.24, 2.45) is 0 Å². The number of rotatable bonds is 5. The van der Waals surface area contributed by atoms with Crippen molar-refractivity contribution in [3.05, 3.63) is 138 Å². The van der Waals surface area contributed by atoms with Gasteiger partial charge in [0.2, 0.25) is 0 Å². The van der Waals surface area contributed by atoms with E-state index in [1.165, 1.54) is 5.56 Å². The number of pyridine rings is 1. The van der Waals surface area contributed by atoms with E-state index in [0.717, 1.165) is 44.6 Å². The van der Waals surface area contributed by atoms with Gasteiger partial charge in [0.05, 0.1) is 30.0 Å². The first kappa shape index (κ1) is 27.3. The van der Waals surface area contributed by atoms with E-state index in [9.17, 15) is 0 Å². The summed E-state index contributed by atoms with van der Waals surface area (Å²) in [5, 5.41) is 2.29. The molecule has 0 saturated heterocycles. The molecule has 2 aromatic heterocycles. The predicted octanol–water partition coefficient (Wildman–Crippen LogP) is 9.53. The normalized spacial score (nSPS) is 13.4. The Kier molecular flexibility index (Phi) is 6.59. The number of anilines is 1. The molecule has 6 heteroatoms. The highest BCUT2D eigenvalue weighted by Gasteiger charge is 2.22. The third-order valence-corrected chi connectivity index (χ3v) is 8.18. The number of hydrogen-bond donors (Lipinski definition) is 0. The zero-order valence-corrected chi connectivity index (χ0v) is 25.3. The van der Waals surface area contributed by atoms with Crippen molar-refractivity contribution < 1.29 is 4.74 Å². The Balaban J connectivity index is 1.29. The second-order valence-electron chi connectivity index (χ2n) is 12.3. The molecule has 0 amide bonds.